The van der Waals surface area contributed by atoms with Crippen LogP contribution in [-0.4, -0.2) is 19.1 Å². The van der Waals surface area contributed by atoms with E-state index in [1.807, 2.05) is 12.1 Å². The maximum atomic E-state index is 6.62. The van der Waals surface area contributed by atoms with Crippen LogP contribution in [-0.2, 0) is 5.41 Å². The molecule has 12 aromatic rings. The van der Waals surface area contributed by atoms with E-state index in [-0.39, 0.29) is 5.41 Å². The summed E-state index contributed by atoms with van der Waals surface area (Å²) in [6.45, 7) is 4.73. The summed E-state index contributed by atoms with van der Waals surface area (Å²) in [7, 11) is 0. The molecule has 0 spiro atoms. The lowest BCUT2D eigenvalue weighted by Gasteiger charge is -2.22. The van der Waals surface area contributed by atoms with E-state index in [4.69, 9.17) is 14.4 Å². The van der Waals surface area contributed by atoms with E-state index in [0.29, 0.717) is 5.95 Å². The van der Waals surface area contributed by atoms with E-state index in [2.05, 4.69) is 181 Å². The minimum Gasteiger partial charge on any atom is -0.455 e. The molecule has 0 saturated carbocycles. The summed E-state index contributed by atoms with van der Waals surface area (Å²) in [6, 6.07) is 60.8. The zero-order valence-corrected chi connectivity index (χ0v) is 31.9. The van der Waals surface area contributed by atoms with Gasteiger partial charge in [0.25, 0.3) is 0 Å². The molecule has 0 N–H and O–H groups in total. The Kier molecular flexibility index (Phi) is 6.17. The number of benzene rings is 8. The molecule has 4 aromatic heterocycles. The van der Waals surface area contributed by atoms with Gasteiger partial charge in [0.1, 0.15) is 11.2 Å². The highest BCUT2D eigenvalue weighted by atomic mass is 16.3. The minimum absolute atomic E-state index is 0.220. The lowest BCUT2D eigenvalue weighted by molar-refractivity contribution is 0.666. The van der Waals surface area contributed by atoms with Crippen LogP contribution in [0.15, 0.2) is 174 Å². The van der Waals surface area contributed by atoms with Gasteiger partial charge in [-0.3, -0.25) is 4.57 Å². The van der Waals surface area contributed by atoms with Crippen LogP contribution in [0.5, 0.6) is 0 Å². The van der Waals surface area contributed by atoms with Crippen LogP contribution < -0.4 is 0 Å². The lowest BCUT2D eigenvalue weighted by Crippen LogP contribution is -2.15. The average Bonchev–Trinajstić information content (AvgIpc) is 3.98. The zero-order valence-electron chi connectivity index (χ0n) is 31.9. The van der Waals surface area contributed by atoms with Crippen molar-refractivity contribution in [2.75, 3.05) is 0 Å². The van der Waals surface area contributed by atoms with Gasteiger partial charge in [0, 0.05) is 54.4 Å². The number of nitrogens with zero attached hydrogens (tertiary/aromatic N) is 4. The fourth-order valence-corrected chi connectivity index (χ4v) is 10.2. The second kappa shape index (κ2) is 11.3. The van der Waals surface area contributed by atoms with E-state index < -0.39 is 0 Å². The molecular weight excluding hydrogens is 709 g/mol. The smallest absolute Gasteiger partial charge is 0.235 e. The Bertz CT molecular complexity index is 3680. The Morgan fingerprint density at radius 2 is 1.14 bits per heavy atom. The zero-order chi connectivity index (χ0) is 38.3. The van der Waals surface area contributed by atoms with Crippen molar-refractivity contribution in [3.05, 3.63) is 181 Å². The fourth-order valence-electron chi connectivity index (χ4n) is 10.2. The monoisotopic (exact) mass is 742 g/mol. The van der Waals surface area contributed by atoms with Gasteiger partial charge in [-0.15, -0.1) is 0 Å². The molecule has 58 heavy (non-hydrogen) atoms. The highest BCUT2D eigenvalue weighted by Gasteiger charge is 2.38. The van der Waals surface area contributed by atoms with Gasteiger partial charge in [0.15, 0.2) is 0 Å². The van der Waals surface area contributed by atoms with Crippen LogP contribution in [0, 0.1) is 0 Å². The molecular formula is C53H34N4O. The summed E-state index contributed by atoms with van der Waals surface area (Å²) in [6.07, 6.45) is 0. The fraction of sp³-hybridized carbons (Fsp3) is 0.0566. The summed E-state index contributed by atoms with van der Waals surface area (Å²) in [5.41, 5.74) is 15.0. The third-order valence-corrected chi connectivity index (χ3v) is 12.7. The topological polar surface area (TPSA) is 48.8 Å². The maximum absolute atomic E-state index is 6.62. The third kappa shape index (κ3) is 4.09. The molecule has 0 atom stereocenters. The molecule has 0 saturated heterocycles. The first-order valence-corrected chi connectivity index (χ1v) is 19.9. The normalized spacial score (nSPS) is 13.5. The van der Waals surface area contributed by atoms with Gasteiger partial charge in [-0.1, -0.05) is 135 Å². The summed E-state index contributed by atoms with van der Waals surface area (Å²) in [5, 5.41) is 8.02. The summed E-state index contributed by atoms with van der Waals surface area (Å²) in [4.78, 5) is 11.0. The van der Waals surface area contributed by atoms with Crippen LogP contribution in [0.3, 0.4) is 0 Å². The van der Waals surface area contributed by atoms with Gasteiger partial charge in [-0.2, -0.15) is 0 Å². The van der Waals surface area contributed by atoms with Crippen LogP contribution in [0.1, 0.15) is 25.0 Å². The van der Waals surface area contributed by atoms with Crippen molar-refractivity contribution < 1.29 is 4.42 Å². The van der Waals surface area contributed by atoms with Crippen LogP contribution >= 0.6 is 0 Å². The van der Waals surface area contributed by atoms with Crippen LogP contribution in [0.25, 0.3) is 110 Å². The van der Waals surface area contributed by atoms with Crippen molar-refractivity contribution in [2.45, 2.75) is 19.3 Å². The maximum Gasteiger partial charge on any atom is 0.235 e. The minimum atomic E-state index is -0.220. The number of aromatic nitrogens is 4. The molecule has 0 aliphatic heterocycles. The second-order valence-electron chi connectivity index (χ2n) is 16.1. The van der Waals surface area contributed by atoms with Crippen molar-refractivity contribution in [1.82, 2.24) is 19.1 Å². The third-order valence-electron chi connectivity index (χ3n) is 12.7. The van der Waals surface area contributed by atoms with E-state index in [1.54, 1.807) is 0 Å². The molecule has 8 aromatic carbocycles. The Hall–Kier alpha value is -7.50. The van der Waals surface area contributed by atoms with Gasteiger partial charge < -0.3 is 8.98 Å². The first-order valence-electron chi connectivity index (χ1n) is 19.9. The predicted octanol–water partition coefficient (Wildman–Crippen LogP) is 13.7. The standard InChI is InChI=1S/C53H34N4O/c1-53(2)41-21-8-3-14-32(41)36-28-29-45-48(49(36)53)39-27-26-31(56-43-23-10-5-15-33(43)34-16-6-11-24-44(34)56)30-46(39)57(45)52-54-42-22-9-4-18-38(42)50(55-52)40-20-13-19-37-35-17-7-12-25-47(35)58-51(37)40/h3-30H,1-2H3. The lowest BCUT2D eigenvalue weighted by atomic mass is 9.80. The average molecular weight is 743 g/mol. The molecule has 0 unspecified atom stereocenters. The predicted molar refractivity (Wildman–Crippen MR) is 238 cm³/mol. The molecule has 13 rings (SSSR count). The van der Waals surface area contributed by atoms with Gasteiger partial charge in [0.2, 0.25) is 5.95 Å². The molecule has 0 fully saturated rings. The molecule has 272 valence electrons. The van der Waals surface area contributed by atoms with Crippen molar-refractivity contribution in [2.24, 2.45) is 0 Å². The highest BCUT2D eigenvalue weighted by Crippen LogP contribution is 2.53. The summed E-state index contributed by atoms with van der Waals surface area (Å²) < 4.78 is 11.3. The van der Waals surface area contributed by atoms with E-state index in [1.165, 1.54) is 54.8 Å². The molecule has 1 aliphatic carbocycles. The molecule has 0 bridgehead atoms. The van der Waals surface area contributed by atoms with E-state index >= 15 is 0 Å². The molecule has 4 heterocycles. The largest absolute Gasteiger partial charge is 0.455 e. The Morgan fingerprint density at radius 3 is 1.97 bits per heavy atom. The number of para-hydroxylation sites is 5. The molecule has 0 radical (unpaired) electrons. The molecule has 5 nitrogen and oxygen atoms in total. The first kappa shape index (κ1) is 31.7. The Morgan fingerprint density at radius 1 is 0.466 bits per heavy atom. The number of rotatable bonds is 3. The second-order valence-corrected chi connectivity index (χ2v) is 16.1. The van der Waals surface area contributed by atoms with Crippen molar-refractivity contribution in [3.63, 3.8) is 0 Å². The van der Waals surface area contributed by atoms with Gasteiger partial charge in [0.05, 0.1) is 33.3 Å². The van der Waals surface area contributed by atoms with Crippen LogP contribution in [0.2, 0.25) is 0 Å². The van der Waals surface area contributed by atoms with Gasteiger partial charge in [-0.25, -0.2) is 9.97 Å². The van der Waals surface area contributed by atoms with Crippen molar-refractivity contribution in [1.29, 1.82) is 0 Å². The van der Waals surface area contributed by atoms with Crippen LogP contribution in [0.4, 0.5) is 0 Å². The number of hydrogen-bond donors (Lipinski definition) is 0. The summed E-state index contributed by atoms with van der Waals surface area (Å²) >= 11 is 0. The molecule has 5 heteroatoms. The van der Waals surface area contributed by atoms with Gasteiger partial charge in [-0.05, 0) is 70.8 Å². The molecule has 0 amide bonds. The highest BCUT2D eigenvalue weighted by molar-refractivity contribution is 6.16. The van der Waals surface area contributed by atoms with E-state index in [0.717, 1.165) is 60.8 Å². The Labute approximate surface area is 333 Å². The first-order chi connectivity index (χ1) is 28.5. The Balaban J connectivity index is 1.16. The van der Waals surface area contributed by atoms with Crippen molar-refractivity contribution >= 4 is 76.5 Å². The van der Waals surface area contributed by atoms with Crippen molar-refractivity contribution in [3.8, 4) is 34.0 Å². The summed E-state index contributed by atoms with van der Waals surface area (Å²) in [5.74, 6) is 0.620. The number of furan rings is 1. The van der Waals surface area contributed by atoms with E-state index in [9.17, 15) is 0 Å². The molecule has 1 aliphatic rings. The number of fused-ring (bicyclic) bond motifs is 14. The SMILES string of the molecule is CC1(C)c2ccccc2-c2ccc3c(c21)c1ccc(-n2c4ccccc4c4ccccc42)cc1n3-c1nc(-c2cccc3c2oc2ccccc23)c2ccccc2n1. The van der Waals surface area contributed by atoms with Gasteiger partial charge >= 0.3 is 0 Å². The quantitative estimate of drug-likeness (QED) is 0.181. The number of hydrogen-bond acceptors (Lipinski definition) is 3.